The van der Waals surface area contributed by atoms with Crippen molar-refractivity contribution in [2.24, 2.45) is 0 Å². The maximum Gasteiger partial charge on any atom is 0.261 e. The molecule has 0 saturated carbocycles. The quantitative estimate of drug-likeness (QED) is 0.503. The number of methoxy groups -OCH3 is 1. The van der Waals surface area contributed by atoms with E-state index in [-0.39, 0.29) is 4.90 Å². The van der Waals surface area contributed by atoms with Gasteiger partial charge in [0.15, 0.2) is 0 Å². The minimum atomic E-state index is -3.73. The van der Waals surface area contributed by atoms with E-state index in [0.29, 0.717) is 5.69 Å². The van der Waals surface area contributed by atoms with Gasteiger partial charge in [0, 0.05) is 5.56 Å². The molecular formula is C23H19NO3S. The Bertz CT molecular complexity index is 1240. The van der Waals surface area contributed by atoms with Gasteiger partial charge in [-0.05, 0) is 46.7 Å². The fourth-order valence-electron chi connectivity index (χ4n) is 3.14. The summed E-state index contributed by atoms with van der Waals surface area (Å²) in [5.41, 5.74) is 2.33. The van der Waals surface area contributed by atoms with Crippen LogP contribution < -0.4 is 9.46 Å². The normalized spacial score (nSPS) is 11.3. The van der Waals surface area contributed by atoms with Crippen LogP contribution in [0.15, 0.2) is 95.9 Å². The molecule has 0 bridgehead atoms. The molecule has 0 aliphatic heterocycles. The lowest BCUT2D eigenvalue weighted by Gasteiger charge is -2.13. The van der Waals surface area contributed by atoms with Crippen molar-refractivity contribution in [1.29, 1.82) is 0 Å². The number of sulfonamides is 1. The summed E-state index contributed by atoms with van der Waals surface area (Å²) in [4.78, 5) is 0.216. The highest BCUT2D eigenvalue weighted by Gasteiger charge is 2.17. The van der Waals surface area contributed by atoms with Gasteiger partial charge in [0.1, 0.15) is 5.75 Å². The van der Waals surface area contributed by atoms with Crippen molar-refractivity contribution in [2.75, 3.05) is 11.8 Å². The van der Waals surface area contributed by atoms with Crippen molar-refractivity contribution in [1.82, 2.24) is 0 Å². The molecule has 0 fully saturated rings. The van der Waals surface area contributed by atoms with Gasteiger partial charge in [0.2, 0.25) is 0 Å². The van der Waals surface area contributed by atoms with Crippen LogP contribution in [0, 0.1) is 0 Å². The summed E-state index contributed by atoms with van der Waals surface area (Å²) in [6.07, 6.45) is 0. The summed E-state index contributed by atoms with van der Waals surface area (Å²) in [5, 5.41) is 1.75. The Morgan fingerprint density at radius 3 is 2.21 bits per heavy atom. The molecule has 0 unspecified atom stereocenters. The van der Waals surface area contributed by atoms with Crippen LogP contribution in [0.4, 0.5) is 5.69 Å². The summed E-state index contributed by atoms with van der Waals surface area (Å²) in [7, 11) is -2.13. The fourth-order valence-corrected chi connectivity index (χ4v) is 4.26. The monoisotopic (exact) mass is 389 g/mol. The number of anilines is 1. The third kappa shape index (κ3) is 3.57. The fraction of sp³-hybridized carbons (Fsp3) is 0.0435. The Morgan fingerprint density at radius 1 is 0.750 bits per heavy atom. The minimum Gasteiger partial charge on any atom is -0.497 e. The lowest BCUT2D eigenvalue weighted by atomic mass is 10.0. The summed E-state index contributed by atoms with van der Waals surface area (Å²) < 4.78 is 34.0. The highest BCUT2D eigenvalue weighted by molar-refractivity contribution is 7.92. The second-order valence-corrected chi connectivity index (χ2v) is 8.07. The van der Waals surface area contributed by atoms with Crippen molar-refractivity contribution in [2.45, 2.75) is 4.90 Å². The topological polar surface area (TPSA) is 55.4 Å². The Balaban J connectivity index is 1.72. The van der Waals surface area contributed by atoms with E-state index in [0.717, 1.165) is 27.6 Å². The van der Waals surface area contributed by atoms with Crippen molar-refractivity contribution < 1.29 is 13.2 Å². The highest BCUT2D eigenvalue weighted by Crippen LogP contribution is 2.30. The van der Waals surface area contributed by atoms with Crippen LogP contribution in [0.1, 0.15) is 0 Å². The highest BCUT2D eigenvalue weighted by atomic mass is 32.2. The van der Waals surface area contributed by atoms with Crippen molar-refractivity contribution >= 4 is 26.5 Å². The van der Waals surface area contributed by atoms with Gasteiger partial charge in [-0.15, -0.1) is 0 Å². The standard InChI is InChI=1S/C23H19NO3S/c1-27-20-13-11-19-16-21(14-12-18(19)15-20)28(25,26)24-23-10-6-5-9-22(23)17-7-3-2-4-8-17/h2-16,24H,1H3. The molecule has 4 aromatic rings. The smallest absolute Gasteiger partial charge is 0.261 e. The van der Waals surface area contributed by atoms with Gasteiger partial charge in [-0.3, -0.25) is 4.72 Å². The lowest BCUT2D eigenvalue weighted by Crippen LogP contribution is -2.13. The predicted molar refractivity (Wildman–Crippen MR) is 113 cm³/mol. The van der Waals surface area contributed by atoms with E-state index in [1.165, 1.54) is 0 Å². The molecule has 0 amide bonds. The Kier molecular flexibility index (Phi) is 4.75. The third-order valence-corrected chi connectivity index (χ3v) is 5.95. The zero-order chi connectivity index (χ0) is 19.6. The number of hydrogen-bond donors (Lipinski definition) is 1. The lowest BCUT2D eigenvalue weighted by molar-refractivity contribution is 0.415. The van der Waals surface area contributed by atoms with E-state index in [9.17, 15) is 8.42 Å². The molecule has 0 radical (unpaired) electrons. The Morgan fingerprint density at radius 2 is 1.43 bits per heavy atom. The van der Waals surface area contributed by atoms with Gasteiger partial charge in [0.25, 0.3) is 10.0 Å². The molecule has 0 aromatic heterocycles. The van der Waals surface area contributed by atoms with Gasteiger partial charge in [0.05, 0.1) is 17.7 Å². The first-order valence-electron chi connectivity index (χ1n) is 8.82. The van der Waals surface area contributed by atoms with Gasteiger partial charge in [-0.1, -0.05) is 60.7 Å². The van der Waals surface area contributed by atoms with E-state index in [2.05, 4.69) is 4.72 Å². The summed E-state index contributed by atoms with van der Waals surface area (Å²) in [6.45, 7) is 0. The number of para-hydroxylation sites is 1. The largest absolute Gasteiger partial charge is 0.497 e. The van der Waals surface area contributed by atoms with Crippen LogP contribution in [-0.4, -0.2) is 15.5 Å². The minimum absolute atomic E-state index is 0.216. The SMILES string of the molecule is COc1ccc2cc(S(=O)(=O)Nc3ccccc3-c3ccccc3)ccc2c1. The first-order chi connectivity index (χ1) is 13.6. The molecule has 28 heavy (non-hydrogen) atoms. The second kappa shape index (κ2) is 7.37. The zero-order valence-corrected chi connectivity index (χ0v) is 16.1. The third-order valence-electron chi connectivity index (χ3n) is 4.59. The average Bonchev–Trinajstić information content (AvgIpc) is 2.73. The molecular weight excluding hydrogens is 370 g/mol. The molecule has 0 heterocycles. The zero-order valence-electron chi connectivity index (χ0n) is 15.3. The van der Waals surface area contributed by atoms with Gasteiger partial charge in [-0.2, -0.15) is 0 Å². The second-order valence-electron chi connectivity index (χ2n) is 6.39. The molecule has 1 N–H and O–H groups in total. The molecule has 4 aromatic carbocycles. The van der Waals surface area contributed by atoms with E-state index in [1.807, 2.05) is 66.7 Å². The maximum absolute atomic E-state index is 13.0. The summed E-state index contributed by atoms with van der Waals surface area (Å²) >= 11 is 0. The number of ether oxygens (including phenoxy) is 1. The van der Waals surface area contributed by atoms with Gasteiger partial charge in [-0.25, -0.2) is 8.42 Å². The van der Waals surface area contributed by atoms with Crippen LogP contribution in [0.25, 0.3) is 21.9 Å². The van der Waals surface area contributed by atoms with E-state index >= 15 is 0 Å². The molecule has 4 rings (SSSR count). The molecule has 140 valence electrons. The molecule has 0 spiro atoms. The molecule has 0 atom stereocenters. The molecule has 0 aliphatic rings. The number of benzene rings is 4. The van der Waals surface area contributed by atoms with E-state index in [1.54, 1.807) is 31.4 Å². The number of fused-ring (bicyclic) bond motifs is 1. The van der Waals surface area contributed by atoms with Crippen molar-refractivity contribution in [3.63, 3.8) is 0 Å². The van der Waals surface area contributed by atoms with E-state index in [4.69, 9.17) is 4.74 Å². The maximum atomic E-state index is 13.0. The van der Waals surface area contributed by atoms with E-state index < -0.39 is 10.0 Å². The van der Waals surface area contributed by atoms with Crippen LogP contribution in [0.2, 0.25) is 0 Å². The van der Waals surface area contributed by atoms with Crippen LogP contribution >= 0.6 is 0 Å². The number of rotatable bonds is 5. The van der Waals surface area contributed by atoms with Gasteiger partial charge < -0.3 is 4.74 Å². The molecule has 4 nitrogen and oxygen atoms in total. The van der Waals surface area contributed by atoms with Crippen molar-refractivity contribution in [3.8, 4) is 16.9 Å². The first-order valence-corrected chi connectivity index (χ1v) is 10.3. The average molecular weight is 389 g/mol. The number of hydrogen-bond acceptors (Lipinski definition) is 3. The van der Waals surface area contributed by atoms with Gasteiger partial charge >= 0.3 is 0 Å². The first kappa shape index (κ1) is 18.1. The Labute approximate surface area is 164 Å². The molecule has 0 saturated heterocycles. The van der Waals surface area contributed by atoms with Crippen LogP contribution in [0.3, 0.4) is 0 Å². The van der Waals surface area contributed by atoms with Crippen molar-refractivity contribution in [3.05, 3.63) is 91.0 Å². The molecule has 0 aliphatic carbocycles. The molecule has 5 heteroatoms. The Hall–Kier alpha value is -3.31. The van der Waals surface area contributed by atoms with Crippen LogP contribution in [0.5, 0.6) is 5.75 Å². The van der Waals surface area contributed by atoms with Crippen LogP contribution in [-0.2, 0) is 10.0 Å². The predicted octanol–water partition coefficient (Wildman–Crippen LogP) is 5.32. The summed E-state index contributed by atoms with van der Waals surface area (Å²) in [6, 6.07) is 27.7. The number of nitrogens with one attached hydrogen (secondary N) is 1. The summed E-state index contributed by atoms with van der Waals surface area (Å²) in [5.74, 6) is 0.734.